The summed E-state index contributed by atoms with van der Waals surface area (Å²) in [4.78, 5) is 26.6. The molecular formula is C16H25NO5. The summed E-state index contributed by atoms with van der Waals surface area (Å²) in [5.41, 5.74) is -1.58. The van der Waals surface area contributed by atoms with Gasteiger partial charge >= 0.3 is 5.97 Å². The number of aliphatic carboxylic acids is 1. The summed E-state index contributed by atoms with van der Waals surface area (Å²) in [5.74, 6) is -0.934. The number of fused-ring (bicyclic) bond motifs is 1. The van der Waals surface area contributed by atoms with Crippen molar-refractivity contribution < 1.29 is 24.2 Å². The van der Waals surface area contributed by atoms with E-state index in [1.54, 1.807) is 12.0 Å². The van der Waals surface area contributed by atoms with Crippen molar-refractivity contribution in [3.8, 4) is 0 Å². The lowest BCUT2D eigenvalue weighted by Crippen LogP contribution is -2.51. The van der Waals surface area contributed by atoms with Crippen LogP contribution in [0, 0.1) is 11.3 Å². The number of carboxylic acid groups (broad SMARTS) is 1. The van der Waals surface area contributed by atoms with E-state index in [1.165, 1.54) is 0 Å². The number of rotatable bonds is 3. The third-order valence-corrected chi connectivity index (χ3v) is 5.86. The van der Waals surface area contributed by atoms with Crippen molar-refractivity contribution in [3.05, 3.63) is 0 Å². The maximum Gasteiger partial charge on any atom is 0.311 e. The lowest BCUT2D eigenvalue weighted by atomic mass is 9.74. The van der Waals surface area contributed by atoms with Gasteiger partial charge in [0.25, 0.3) is 5.91 Å². The zero-order valence-electron chi connectivity index (χ0n) is 13.2. The molecule has 1 saturated carbocycles. The number of methoxy groups -OCH3 is 1. The Labute approximate surface area is 130 Å². The van der Waals surface area contributed by atoms with E-state index in [-0.39, 0.29) is 11.8 Å². The zero-order chi connectivity index (χ0) is 15.8. The predicted molar refractivity (Wildman–Crippen MR) is 78.4 cm³/mol. The van der Waals surface area contributed by atoms with Crippen molar-refractivity contribution in [2.24, 2.45) is 11.3 Å². The van der Waals surface area contributed by atoms with Crippen LogP contribution in [0.2, 0.25) is 0 Å². The normalized spacial score (nSPS) is 34.2. The van der Waals surface area contributed by atoms with Gasteiger partial charge in [0.2, 0.25) is 0 Å². The molecule has 6 nitrogen and oxygen atoms in total. The summed E-state index contributed by atoms with van der Waals surface area (Å²) in [6, 6.07) is 0. The molecule has 0 aromatic carbocycles. The highest BCUT2D eigenvalue weighted by Crippen LogP contribution is 2.44. The molecule has 0 radical (unpaired) electrons. The summed E-state index contributed by atoms with van der Waals surface area (Å²) in [7, 11) is 1.60. The number of hydrogen-bond donors (Lipinski definition) is 1. The molecular weight excluding hydrogens is 286 g/mol. The SMILES string of the molecule is COC1(C(=O)N2C[C@H]3COCC[C@@]3(C(=O)O)C2)CCCCC1. The standard InChI is InChI=1S/C16H25NO5/c1-21-16(5-3-2-4-6-16)13(18)17-9-12-10-22-8-7-15(12,11-17)14(19)20/h12H,2-11H2,1H3,(H,19,20)/t12-,15+/m0/s1. The largest absolute Gasteiger partial charge is 0.481 e. The summed E-state index contributed by atoms with van der Waals surface area (Å²) in [6.45, 7) is 1.65. The second-order valence-corrected chi connectivity index (χ2v) is 6.93. The third-order valence-electron chi connectivity index (χ3n) is 5.86. The molecule has 3 aliphatic rings. The van der Waals surface area contributed by atoms with Crippen molar-refractivity contribution in [1.29, 1.82) is 0 Å². The van der Waals surface area contributed by atoms with Gasteiger partial charge in [-0.05, 0) is 19.3 Å². The van der Waals surface area contributed by atoms with Crippen LogP contribution in [-0.2, 0) is 19.1 Å². The highest BCUT2D eigenvalue weighted by atomic mass is 16.5. The first kappa shape index (κ1) is 15.7. The fraction of sp³-hybridized carbons (Fsp3) is 0.875. The maximum absolute atomic E-state index is 13.0. The number of ether oxygens (including phenoxy) is 2. The van der Waals surface area contributed by atoms with E-state index in [1.807, 2.05) is 0 Å². The molecule has 124 valence electrons. The van der Waals surface area contributed by atoms with Crippen LogP contribution in [0.5, 0.6) is 0 Å². The van der Waals surface area contributed by atoms with Crippen molar-refractivity contribution in [1.82, 2.24) is 4.90 Å². The Hall–Kier alpha value is -1.14. The van der Waals surface area contributed by atoms with Gasteiger partial charge in [0.05, 0.1) is 12.0 Å². The number of likely N-dealkylation sites (tertiary alicyclic amines) is 1. The predicted octanol–water partition coefficient (Wildman–Crippen LogP) is 1.29. The van der Waals surface area contributed by atoms with Gasteiger partial charge in [-0.1, -0.05) is 19.3 Å². The minimum atomic E-state index is -0.836. The van der Waals surface area contributed by atoms with Crippen molar-refractivity contribution in [2.45, 2.75) is 44.1 Å². The van der Waals surface area contributed by atoms with E-state index in [0.717, 1.165) is 32.1 Å². The van der Waals surface area contributed by atoms with Crippen LogP contribution in [0.15, 0.2) is 0 Å². The topological polar surface area (TPSA) is 76.1 Å². The molecule has 2 saturated heterocycles. The minimum Gasteiger partial charge on any atom is -0.481 e. The molecule has 1 amide bonds. The van der Waals surface area contributed by atoms with E-state index in [9.17, 15) is 14.7 Å². The summed E-state index contributed by atoms with van der Waals surface area (Å²) >= 11 is 0. The highest BCUT2D eigenvalue weighted by molar-refractivity contribution is 5.87. The molecule has 0 bridgehead atoms. The van der Waals surface area contributed by atoms with Crippen LogP contribution in [0.1, 0.15) is 38.5 Å². The molecule has 2 heterocycles. The van der Waals surface area contributed by atoms with Gasteiger partial charge in [-0.25, -0.2) is 0 Å². The van der Waals surface area contributed by atoms with Crippen LogP contribution in [-0.4, -0.2) is 60.9 Å². The van der Waals surface area contributed by atoms with Crippen LogP contribution < -0.4 is 0 Å². The first-order valence-electron chi connectivity index (χ1n) is 8.20. The molecule has 0 unspecified atom stereocenters. The van der Waals surface area contributed by atoms with Gasteiger partial charge < -0.3 is 19.5 Å². The van der Waals surface area contributed by atoms with Crippen LogP contribution in [0.4, 0.5) is 0 Å². The lowest BCUT2D eigenvalue weighted by molar-refractivity contribution is -0.160. The average molecular weight is 311 g/mol. The molecule has 6 heteroatoms. The Morgan fingerprint density at radius 2 is 1.95 bits per heavy atom. The van der Waals surface area contributed by atoms with E-state index < -0.39 is 17.0 Å². The van der Waals surface area contributed by atoms with Crippen molar-refractivity contribution in [2.75, 3.05) is 33.4 Å². The number of hydrogen-bond acceptors (Lipinski definition) is 4. The minimum absolute atomic E-state index is 0.0234. The first-order chi connectivity index (χ1) is 10.5. The molecule has 3 fully saturated rings. The molecule has 2 aliphatic heterocycles. The Kier molecular flexibility index (Phi) is 4.16. The van der Waals surface area contributed by atoms with Crippen LogP contribution >= 0.6 is 0 Å². The molecule has 3 rings (SSSR count). The van der Waals surface area contributed by atoms with Gasteiger partial charge in [-0.3, -0.25) is 9.59 Å². The quantitative estimate of drug-likeness (QED) is 0.850. The maximum atomic E-state index is 13.0. The van der Waals surface area contributed by atoms with Gasteiger partial charge in [0.1, 0.15) is 5.60 Å². The number of carbonyl (C=O) groups excluding carboxylic acids is 1. The Bertz CT molecular complexity index is 459. The van der Waals surface area contributed by atoms with E-state index in [4.69, 9.17) is 9.47 Å². The van der Waals surface area contributed by atoms with Crippen molar-refractivity contribution in [3.63, 3.8) is 0 Å². The fourth-order valence-corrected chi connectivity index (χ4v) is 4.37. The van der Waals surface area contributed by atoms with Crippen LogP contribution in [0.3, 0.4) is 0 Å². The molecule has 1 N–H and O–H groups in total. The van der Waals surface area contributed by atoms with E-state index in [2.05, 4.69) is 0 Å². The smallest absolute Gasteiger partial charge is 0.311 e. The monoisotopic (exact) mass is 311 g/mol. The number of carbonyl (C=O) groups is 2. The molecule has 22 heavy (non-hydrogen) atoms. The zero-order valence-corrected chi connectivity index (χ0v) is 13.2. The Balaban J connectivity index is 1.81. The lowest BCUT2D eigenvalue weighted by Gasteiger charge is -2.38. The third kappa shape index (κ3) is 2.33. The second-order valence-electron chi connectivity index (χ2n) is 6.93. The van der Waals surface area contributed by atoms with Crippen LogP contribution in [0.25, 0.3) is 0 Å². The molecule has 0 spiro atoms. The summed E-state index contributed by atoms with van der Waals surface area (Å²) in [6.07, 6.45) is 5.07. The average Bonchev–Trinajstić information content (AvgIpc) is 2.95. The van der Waals surface area contributed by atoms with E-state index >= 15 is 0 Å². The summed E-state index contributed by atoms with van der Waals surface area (Å²) in [5, 5.41) is 9.71. The van der Waals surface area contributed by atoms with E-state index in [0.29, 0.717) is 32.7 Å². The second kappa shape index (κ2) is 5.81. The van der Waals surface area contributed by atoms with Gasteiger partial charge in [0, 0.05) is 32.7 Å². The Morgan fingerprint density at radius 1 is 1.23 bits per heavy atom. The van der Waals surface area contributed by atoms with Gasteiger partial charge in [-0.2, -0.15) is 0 Å². The Morgan fingerprint density at radius 3 is 2.55 bits per heavy atom. The molecule has 0 aromatic rings. The van der Waals surface area contributed by atoms with Crippen molar-refractivity contribution >= 4 is 11.9 Å². The highest BCUT2D eigenvalue weighted by Gasteiger charge is 2.57. The fourth-order valence-electron chi connectivity index (χ4n) is 4.37. The first-order valence-corrected chi connectivity index (χ1v) is 8.20. The van der Waals surface area contributed by atoms with Gasteiger partial charge in [-0.15, -0.1) is 0 Å². The molecule has 1 aliphatic carbocycles. The number of amides is 1. The summed E-state index contributed by atoms with van der Waals surface area (Å²) < 4.78 is 11.1. The molecule has 0 aromatic heterocycles. The molecule has 2 atom stereocenters. The number of nitrogens with zero attached hydrogens (tertiary/aromatic N) is 1. The number of carboxylic acids is 1. The van der Waals surface area contributed by atoms with Gasteiger partial charge in [0.15, 0.2) is 0 Å².